The van der Waals surface area contributed by atoms with Gasteiger partial charge in [0, 0.05) is 30.1 Å². The molecule has 0 aliphatic carbocycles. The second kappa shape index (κ2) is 7.26. The maximum absolute atomic E-state index is 12.4. The van der Waals surface area contributed by atoms with Gasteiger partial charge in [0.25, 0.3) is 0 Å². The molecule has 4 rings (SSSR count). The zero-order chi connectivity index (χ0) is 16.6. The fraction of sp³-hybridized carbons (Fsp3) is 0.286. The van der Waals surface area contributed by atoms with Gasteiger partial charge >= 0.3 is 0 Å². The number of nitrogens with one attached hydrogen (secondary N) is 2. The molecule has 3 aromatic rings. The molecule has 0 fully saturated rings. The molecule has 0 saturated carbocycles. The lowest BCUT2D eigenvalue weighted by Gasteiger charge is -2.13. The molecule has 3 aromatic heterocycles. The predicted octanol–water partition coefficient (Wildman–Crippen LogP) is 1.60. The molecular formula is C14H16ClN5O3S2. The van der Waals surface area contributed by atoms with Crippen LogP contribution in [0.1, 0.15) is 11.4 Å². The second-order valence-corrected chi connectivity index (χ2v) is 8.29. The highest BCUT2D eigenvalue weighted by molar-refractivity contribution is 7.91. The van der Waals surface area contributed by atoms with E-state index in [1.54, 1.807) is 17.5 Å². The van der Waals surface area contributed by atoms with E-state index in [2.05, 4.69) is 20.3 Å². The number of halogens is 1. The summed E-state index contributed by atoms with van der Waals surface area (Å²) < 4.78 is 34.7. The summed E-state index contributed by atoms with van der Waals surface area (Å²) in [5.41, 5.74) is 2.48. The van der Waals surface area contributed by atoms with Gasteiger partial charge in [-0.1, -0.05) is 5.16 Å². The first-order chi connectivity index (χ1) is 11.6. The molecule has 0 aromatic carbocycles. The Morgan fingerprint density at radius 1 is 1.40 bits per heavy atom. The van der Waals surface area contributed by atoms with E-state index in [9.17, 15) is 8.42 Å². The summed E-state index contributed by atoms with van der Waals surface area (Å²) >= 11 is 1.14. The van der Waals surface area contributed by atoms with Gasteiger partial charge < -0.3 is 9.84 Å². The monoisotopic (exact) mass is 401 g/mol. The highest BCUT2D eigenvalue weighted by Gasteiger charge is 2.19. The summed E-state index contributed by atoms with van der Waals surface area (Å²) in [6, 6.07) is 5.19. The summed E-state index contributed by atoms with van der Waals surface area (Å²) in [4.78, 5) is 0. The molecule has 0 spiro atoms. The largest absolute Gasteiger partial charge is 0.356 e. The van der Waals surface area contributed by atoms with Crippen LogP contribution in [0.2, 0.25) is 0 Å². The van der Waals surface area contributed by atoms with E-state index in [1.807, 2.05) is 10.7 Å². The lowest BCUT2D eigenvalue weighted by molar-refractivity contribution is 0.432. The lowest BCUT2D eigenvalue weighted by Crippen LogP contribution is -2.28. The minimum Gasteiger partial charge on any atom is -0.356 e. The van der Waals surface area contributed by atoms with Crippen molar-refractivity contribution >= 4 is 33.8 Å². The zero-order valence-corrected chi connectivity index (χ0v) is 15.5. The van der Waals surface area contributed by atoms with Crippen molar-refractivity contribution in [3.8, 4) is 11.3 Å². The molecule has 134 valence electrons. The van der Waals surface area contributed by atoms with Crippen LogP contribution in [0.4, 0.5) is 0 Å². The summed E-state index contributed by atoms with van der Waals surface area (Å²) in [6.45, 7) is 2.59. The number of hydrogen-bond donors (Lipinski definition) is 2. The van der Waals surface area contributed by atoms with Crippen LogP contribution in [-0.4, -0.2) is 29.9 Å². The Kier molecular flexibility index (Phi) is 5.25. The quantitative estimate of drug-likeness (QED) is 0.673. The van der Waals surface area contributed by atoms with E-state index in [-0.39, 0.29) is 23.2 Å². The van der Waals surface area contributed by atoms with Gasteiger partial charge in [-0.05, 0) is 12.1 Å². The van der Waals surface area contributed by atoms with Crippen LogP contribution in [0.5, 0.6) is 0 Å². The standard InChI is InChI=1S/C14H15N5O3S2.ClH/c20-24(21,14-5-10(9-23-14)13-1-2-16-22-13)17-7-11-6-12-8-15-3-4-19(12)18-11;/h1-2,5-6,9,15,17H,3-4,7-8H2;1H. The number of rotatable bonds is 5. The molecule has 0 saturated heterocycles. The van der Waals surface area contributed by atoms with Crippen molar-refractivity contribution in [2.24, 2.45) is 0 Å². The first-order valence-corrected chi connectivity index (χ1v) is 9.74. The molecule has 0 amide bonds. The number of sulfonamides is 1. The maximum atomic E-state index is 12.4. The van der Waals surface area contributed by atoms with Gasteiger partial charge in [-0.3, -0.25) is 4.68 Å². The number of nitrogens with zero attached hydrogens (tertiary/aromatic N) is 3. The van der Waals surface area contributed by atoms with Crippen LogP contribution in [0.15, 0.2) is 38.5 Å². The highest BCUT2D eigenvalue weighted by Crippen LogP contribution is 2.28. The second-order valence-electron chi connectivity index (χ2n) is 5.38. The Morgan fingerprint density at radius 2 is 2.28 bits per heavy atom. The third-order valence-electron chi connectivity index (χ3n) is 3.73. The van der Waals surface area contributed by atoms with E-state index < -0.39 is 10.0 Å². The smallest absolute Gasteiger partial charge is 0.250 e. The molecule has 8 nitrogen and oxygen atoms in total. The van der Waals surface area contributed by atoms with Crippen LogP contribution in [0.25, 0.3) is 11.3 Å². The lowest BCUT2D eigenvalue weighted by atomic mass is 10.3. The Morgan fingerprint density at radius 3 is 3.04 bits per heavy atom. The predicted molar refractivity (Wildman–Crippen MR) is 95.0 cm³/mol. The average molecular weight is 402 g/mol. The molecule has 1 aliphatic rings. The molecule has 4 heterocycles. The summed E-state index contributed by atoms with van der Waals surface area (Å²) in [5.74, 6) is 0.543. The minimum absolute atomic E-state index is 0. The van der Waals surface area contributed by atoms with Crippen molar-refractivity contribution in [1.29, 1.82) is 0 Å². The molecule has 0 bridgehead atoms. The van der Waals surface area contributed by atoms with Gasteiger partial charge in [0.05, 0.1) is 30.7 Å². The number of aromatic nitrogens is 3. The summed E-state index contributed by atoms with van der Waals surface area (Å²) in [6.07, 6.45) is 1.52. The molecule has 25 heavy (non-hydrogen) atoms. The Bertz CT molecular complexity index is 926. The number of hydrogen-bond acceptors (Lipinski definition) is 7. The highest BCUT2D eigenvalue weighted by atomic mass is 35.5. The third-order valence-corrected chi connectivity index (χ3v) is 6.57. The Labute approximate surface area is 154 Å². The Hall–Kier alpha value is -1.72. The molecule has 0 unspecified atom stereocenters. The van der Waals surface area contributed by atoms with Crippen molar-refractivity contribution in [2.45, 2.75) is 23.8 Å². The summed E-state index contributed by atoms with van der Waals surface area (Å²) in [7, 11) is -3.59. The van der Waals surface area contributed by atoms with Crippen LogP contribution in [-0.2, 0) is 29.7 Å². The molecule has 11 heteroatoms. The van der Waals surface area contributed by atoms with Gasteiger partial charge in [-0.15, -0.1) is 23.7 Å². The van der Waals surface area contributed by atoms with Crippen molar-refractivity contribution < 1.29 is 12.9 Å². The number of thiophene rings is 1. The first kappa shape index (κ1) is 18.1. The molecule has 2 N–H and O–H groups in total. The van der Waals surface area contributed by atoms with Crippen LogP contribution in [0, 0.1) is 0 Å². The molecule has 0 atom stereocenters. The van der Waals surface area contributed by atoms with Crippen molar-refractivity contribution in [3.63, 3.8) is 0 Å². The fourth-order valence-electron chi connectivity index (χ4n) is 2.53. The van der Waals surface area contributed by atoms with Crippen molar-refractivity contribution in [2.75, 3.05) is 6.54 Å². The zero-order valence-electron chi connectivity index (χ0n) is 13.0. The van der Waals surface area contributed by atoms with E-state index in [1.165, 1.54) is 6.20 Å². The maximum Gasteiger partial charge on any atom is 0.250 e. The van der Waals surface area contributed by atoms with Crippen molar-refractivity contribution in [1.82, 2.24) is 25.0 Å². The first-order valence-electron chi connectivity index (χ1n) is 7.37. The minimum atomic E-state index is -3.59. The van der Waals surface area contributed by atoms with Gasteiger partial charge in [-0.2, -0.15) is 5.10 Å². The van der Waals surface area contributed by atoms with Gasteiger partial charge in [0.15, 0.2) is 5.76 Å². The van der Waals surface area contributed by atoms with Crippen LogP contribution >= 0.6 is 23.7 Å². The normalized spacial score (nSPS) is 14.1. The van der Waals surface area contributed by atoms with E-state index >= 15 is 0 Å². The fourth-order valence-corrected chi connectivity index (χ4v) is 4.74. The SMILES string of the molecule is Cl.O=S(=O)(NCc1cc2n(n1)CCNC2)c1cc(-c2ccno2)cs1. The van der Waals surface area contributed by atoms with Gasteiger partial charge in [0.2, 0.25) is 10.0 Å². The van der Waals surface area contributed by atoms with Crippen LogP contribution < -0.4 is 10.0 Å². The molecule has 1 aliphatic heterocycles. The van der Waals surface area contributed by atoms with Gasteiger partial charge in [-0.25, -0.2) is 13.1 Å². The summed E-state index contributed by atoms with van der Waals surface area (Å²) in [5, 5.41) is 13.0. The number of fused-ring (bicyclic) bond motifs is 1. The van der Waals surface area contributed by atoms with Crippen molar-refractivity contribution in [3.05, 3.63) is 41.2 Å². The van der Waals surface area contributed by atoms with E-state index in [0.29, 0.717) is 17.0 Å². The molecule has 0 radical (unpaired) electrons. The topological polar surface area (TPSA) is 102 Å². The Balaban J connectivity index is 0.00000182. The van der Waals surface area contributed by atoms with Gasteiger partial charge in [0.1, 0.15) is 4.21 Å². The third kappa shape index (κ3) is 3.77. The average Bonchev–Trinajstić information content (AvgIpc) is 3.31. The molecular weight excluding hydrogens is 386 g/mol. The van der Waals surface area contributed by atoms with E-state index in [4.69, 9.17) is 4.52 Å². The van der Waals surface area contributed by atoms with Crippen LogP contribution in [0.3, 0.4) is 0 Å². The van der Waals surface area contributed by atoms with E-state index in [0.717, 1.165) is 36.7 Å².